The lowest BCUT2D eigenvalue weighted by molar-refractivity contribution is -0.113. The third-order valence-electron chi connectivity index (χ3n) is 3.95. The number of anilines is 1. The molecular formula is C19H16N2OS2. The van der Waals surface area contributed by atoms with E-state index in [0.717, 1.165) is 23.4 Å². The van der Waals surface area contributed by atoms with Gasteiger partial charge in [0.2, 0.25) is 5.91 Å². The topological polar surface area (TPSA) is 42.0 Å². The minimum Gasteiger partial charge on any atom is -0.301 e. The van der Waals surface area contributed by atoms with Gasteiger partial charge >= 0.3 is 0 Å². The number of carbonyl (C=O) groups excluding carboxylic acids is 1. The van der Waals surface area contributed by atoms with Crippen LogP contribution in [-0.2, 0) is 17.6 Å². The summed E-state index contributed by atoms with van der Waals surface area (Å²) in [6.07, 6.45) is 2.04. The van der Waals surface area contributed by atoms with E-state index in [0.29, 0.717) is 10.9 Å². The van der Waals surface area contributed by atoms with Crippen LogP contribution in [0.15, 0.2) is 59.5 Å². The van der Waals surface area contributed by atoms with Gasteiger partial charge in [-0.3, -0.25) is 4.79 Å². The second-order valence-corrected chi connectivity index (χ2v) is 7.73. The summed E-state index contributed by atoms with van der Waals surface area (Å²) in [6, 6.07) is 18.3. The number of benzene rings is 2. The van der Waals surface area contributed by atoms with Crippen molar-refractivity contribution >= 4 is 34.1 Å². The summed E-state index contributed by atoms with van der Waals surface area (Å²) in [6.45, 7) is 0. The molecule has 1 N–H and O–H groups in total. The minimum absolute atomic E-state index is 0.0109. The van der Waals surface area contributed by atoms with E-state index in [-0.39, 0.29) is 5.91 Å². The number of thiazole rings is 1. The van der Waals surface area contributed by atoms with Crippen LogP contribution in [-0.4, -0.2) is 16.6 Å². The largest absolute Gasteiger partial charge is 0.301 e. The predicted molar refractivity (Wildman–Crippen MR) is 101 cm³/mol. The average molecular weight is 352 g/mol. The van der Waals surface area contributed by atoms with Gasteiger partial charge in [-0.15, -0.1) is 23.1 Å². The van der Waals surface area contributed by atoms with Crippen LogP contribution in [0.3, 0.4) is 0 Å². The zero-order chi connectivity index (χ0) is 16.4. The van der Waals surface area contributed by atoms with Crippen molar-refractivity contribution in [2.24, 2.45) is 0 Å². The Morgan fingerprint density at radius 3 is 2.75 bits per heavy atom. The first kappa shape index (κ1) is 15.4. The van der Waals surface area contributed by atoms with Crippen molar-refractivity contribution in [3.05, 3.63) is 65.0 Å². The summed E-state index contributed by atoms with van der Waals surface area (Å²) in [5.74, 6) is 0.383. The van der Waals surface area contributed by atoms with Gasteiger partial charge in [0.1, 0.15) is 0 Å². The van der Waals surface area contributed by atoms with Gasteiger partial charge in [0.25, 0.3) is 0 Å². The van der Waals surface area contributed by atoms with Crippen molar-refractivity contribution in [3.63, 3.8) is 0 Å². The molecule has 0 bridgehead atoms. The van der Waals surface area contributed by atoms with Crippen molar-refractivity contribution < 1.29 is 4.79 Å². The second kappa shape index (κ2) is 6.79. The van der Waals surface area contributed by atoms with E-state index in [1.54, 1.807) is 11.3 Å². The summed E-state index contributed by atoms with van der Waals surface area (Å²) in [7, 11) is 0. The Kier molecular flexibility index (Phi) is 4.36. The van der Waals surface area contributed by atoms with Gasteiger partial charge in [-0.05, 0) is 30.5 Å². The summed E-state index contributed by atoms with van der Waals surface area (Å²) >= 11 is 3.13. The first-order valence-corrected chi connectivity index (χ1v) is 9.65. The van der Waals surface area contributed by atoms with Gasteiger partial charge in [0.15, 0.2) is 5.13 Å². The van der Waals surface area contributed by atoms with Gasteiger partial charge in [-0.25, -0.2) is 4.98 Å². The summed E-state index contributed by atoms with van der Waals surface area (Å²) in [5.41, 5.74) is 3.58. The Morgan fingerprint density at radius 2 is 1.88 bits per heavy atom. The van der Waals surface area contributed by atoms with Gasteiger partial charge < -0.3 is 5.32 Å². The molecule has 0 aliphatic heterocycles. The molecule has 0 fully saturated rings. The zero-order valence-electron chi connectivity index (χ0n) is 13.0. The molecule has 1 aromatic heterocycles. The number of carbonyl (C=O) groups is 1. The highest BCUT2D eigenvalue weighted by atomic mass is 32.2. The molecule has 0 saturated heterocycles. The molecule has 2 aromatic carbocycles. The highest BCUT2D eigenvalue weighted by molar-refractivity contribution is 8.00. The van der Waals surface area contributed by atoms with Gasteiger partial charge in [0.05, 0.1) is 11.4 Å². The maximum absolute atomic E-state index is 12.2. The molecule has 0 atom stereocenters. The number of amides is 1. The molecule has 0 saturated carbocycles. The molecule has 5 heteroatoms. The summed E-state index contributed by atoms with van der Waals surface area (Å²) in [5, 5.41) is 3.65. The molecule has 24 heavy (non-hydrogen) atoms. The lowest BCUT2D eigenvalue weighted by Gasteiger charge is -2.13. The van der Waals surface area contributed by atoms with Crippen molar-refractivity contribution in [1.82, 2.24) is 4.98 Å². The van der Waals surface area contributed by atoms with Gasteiger partial charge in [-0.1, -0.05) is 42.5 Å². The monoisotopic (exact) mass is 352 g/mol. The number of aryl methyl sites for hydroxylation is 2. The zero-order valence-corrected chi connectivity index (χ0v) is 14.6. The Bertz CT molecular complexity index is 874. The predicted octanol–water partition coefficient (Wildman–Crippen LogP) is 4.64. The molecular weight excluding hydrogens is 336 g/mol. The van der Waals surface area contributed by atoms with E-state index in [1.807, 2.05) is 36.4 Å². The number of aromatic nitrogens is 1. The van der Waals surface area contributed by atoms with Crippen LogP contribution < -0.4 is 5.32 Å². The van der Waals surface area contributed by atoms with Crippen molar-refractivity contribution in [3.8, 4) is 11.3 Å². The van der Waals surface area contributed by atoms with Crippen LogP contribution in [0.4, 0.5) is 5.13 Å². The number of nitrogens with zero attached hydrogens (tertiary/aromatic N) is 1. The lowest BCUT2D eigenvalue weighted by atomic mass is 9.94. The van der Waals surface area contributed by atoms with E-state index < -0.39 is 0 Å². The van der Waals surface area contributed by atoms with Crippen LogP contribution in [0.2, 0.25) is 0 Å². The first-order chi connectivity index (χ1) is 11.8. The van der Waals surface area contributed by atoms with Crippen LogP contribution in [0.25, 0.3) is 11.3 Å². The van der Waals surface area contributed by atoms with Crippen LogP contribution >= 0.6 is 23.1 Å². The Morgan fingerprint density at radius 1 is 1.08 bits per heavy atom. The molecule has 0 radical (unpaired) electrons. The molecule has 0 spiro atoms. The molecule has 1 aliphatic rings. The van der Waals surface area contributed by atoms with Crippen LogP contribution in [0, 0.1) is 0 Å². The normalized spacial score (nSPS) is 12.3. The average Bonchev–Trinajstić information content (AvgIpc) is 3.04. The lowest BCUT2D eigenvalue weighted by Crippen LogP contribution is -2.13. The second-order valence-electron chi connectivity index (χ2n) is 5.60. The molecule has 1 aliphatic carbocycles. The molecule has 1 heterocycles. The number of fused-ring (bicyclic) bond motifs is 3. The number of hydrogen-bond acceptors (Lipinski definition) is 4. The molecule has 3 nitrogen and oxygen atoms in total. The highest BCUT2D eigenvalue weighted by Crippen LogP contribution is 2.37. The minimum atomic E-state index is -0.0109. The third kappa shape index (κ3) is 3.23. The van der Waals surface area contributed by atoms with Crippen molar-refractivity contribution in [1.29, 1.82) is 0 Å². The molecule has 120 valence electrons. The van der Waals surface area contributed by atoms with Crippen LogP contribution in [0.5, 0.6) is 0 Å². The fourth-order valence-electron chi connectivity index (χ4n) is 2.82. The third-order valence-corrected chi connectivity index (χ3v) is 5.99. The number of nitrogens with one attached hydrogen (secondary N) is 1. The molecule has 0 unspecified atom stereocenters. The fraction of sp³-hybridized carbons (Fsp3) is 0.158. The van der Waals surface area contributed by atoms with E-state index in [1.165, 1.54) is 27.8 Å². The van der Waals surface area contributed by atoms with Crippen molar-refractivity contribution in [2.75, 3.05) is 11.1 Å². The molecule has 3 aromatic rings. The van der Waals surface area contributed by atoms with E-state index in [9.17, 15) is 4.79 Å². The number of thioether (sulfide) groups is 1. The quantitative estimate of drug-likeness (QED) is 0.696. The summed E-state index contributed by atoms with van der Waals surface area (Å²) < 4.78 is 0. The van der Waals surface area contributed by atoms with E-state index in [4.69, 9.17) is 0 Å². The van der Waals surface area contributed by atoms with Crippen molar-refractivity contribution in [2.45, 2.75) is 17.7 Å². The first-order valence-electron chi connectivity index (χ1n) is 7.85. The molecule has 4 rings (SSSR count). The fourth-order valence-corrected chi connectivity index (χ4v) is 4.53. The smallest absolute Gasteiger partial charge is 0.236 e. The SMILES string of the molecule is O=C(CSc1ccccc1)Nc1nc2c(s1)CCc1ccccc1-2. The summed E-state index contributed by atoms with van der Waals surface area (Å²) in [4.78, 5) is 19.2. The Hall–Kier alpha value is -2.11. The standard InChI is InChI=1S/C19H16N2OS2/c22-17(12-23-14-7-2-1-3-8-14)20-19-21-18-15-9-5-4-6-13(15)10-11-16(18)24-19/h1-9H,10-12H2,(H,20,21,22). The van der Waals surface area contributed by atoms with Gasteiger partial charge in [-0.2, -0.15) is 0 Å². The van der Waals surface area contributed by atoms with E-state index >= 15 is 0 Å². The number of rotatable bonds is 4. The highest BCUT2D eigenvalue weighted by Gasteiger charge is 2.21. The van der Waals surface area contributed by atoms with Gasteiger partial charge in [0, 0.05) is 15.3 Å². The maximum Gasteiger partial charge on any atom is 0.236 e. The maximum atomic E-state index is 12.2. The Labute approximate surface area is 149 Å². The Balaban J connectivity index is 1.45. The van der Waals surface area contributed by atoms with E-state index in [2.05, 4.69) is 28.5 Å². The number of hydrogen-bond donors (Lipinski definition) is 1. The molecule has 1 amide bonds. The van der Waals surface area contributed by atoms with Crippen LogP contribution in [0.1, 0.15) is 10.4 Å².